The summed E-state index contributed by atoms with van der Waals surface area (Å²) in [5.74, 6) is 0.151. The van der Waals surface area contributed by atoms with Crippen LogP contribution in [-0.2, 0) is 0 Å². The van der Waals surface area contributed by atoms with Crippen molar-refractivity contribution in [3.8, 4) is 11.8 Å². The number of halogens is 1. The molecule has 4 nitrogen and oxygen atoms in total. The van der Waals surface area contributed by atoms with Crippen molar-refractivity contribution >= 4 is 34.5 Å². The lowest BCUT2D eigenvalue weighted by Gasteiger charge is -2.09. The third-order valence-corrected chi connectivity index (χ3v) is 3.59. The minimum absolute atomic E-state index is 0.0767. The summed E-state index contributed by atoms with van der Waals surface area (Å²) < 4.78 is 5.23. The Morgan fingerprint density at radius 3 is 2.89 bits per heavy atom. The van der Waals surface area contributed by atoms with E-state index in [-0.39, 0.29) is 12.5 Å². The second kappa shape index (κ2) is 6.23. The van der Waals surface area contributed by atoms with Gasteiger partial charge in [-0.05, 0) is 23.6 Å². The number of nitrogens with zero attached hydrogens (tertiary/aromatic N) is 1. The highest BCUT2D eigenvalue weighted by molar-refractivity contribution is 7.12. The molecule has 1 aromatic carbocycles. The molecule has 0 atom stereocenters. The van der Waals surface area contributed by atoms with Gasteiger partial charge in [-0.15, -0.1) is 11.3 Å². The van der Waals surface area contributed by atoms with E-state index >= 15 is 0 Å². The van der Waals surface area contributed by atoms with Crippen molar-refractivity contribution in [3.63, 3.8) is 0 Å². The van der Waals surface area contributed by atoms with Gasteiger partial charge < -0.3 is 10.1 Å². The lowest BCUT2D eigenvalue weighted by molar-refractivity contribution is 0.103. The first-order chi connectivity index (χ1) is 9.22. The lowest BCUT2D eigenvalue weighted by atomic mass is 10.3. The van der Waals surface area contributed by atoms with Gasteiger partial charge in [0.25, 0.3) is 5.91 Å². The summed E-state index contributed by atoms with van der Waals surface area (Å²) in [4.78, 5) is 12.5. The molecular weight excluding hydrogens is 284 g/mol. The molecule has 0 aliphatic rings. The van der Waals surface area contributed by atoms with E-state index < -0.39 is 0 Å². The summed E-state index contributed by atoms with van der Waals surface area (Å²) in [6, 6.07) is 10.5. The minimum Gasteiger partial charge on any atom is -0.477 e. The van der Waals surface area contributed by atoms with Crippen LogP contribution in [0.5, 0.6) is 5.75 Å². The summed E-state index contributed by atoms with van der Waals surface area (Å²) in [5, 5.41) is 13.4. The zero-order chi connectivity index (χ0) is 13.7. The van der Waals surface area contributed by atoms with E-state index in [1.165, 1.54) is 11.3 Å². The molecule has 0 bridgehead atoms. The molecule has 1 N–H and O–H groups in total. The topological polar surface area (TPSA) is 62.1 Å². The number of carbonyl (C=O) groups excluding carboxylic acids is 1. The highest BCUT2D eigenvalue weighted by Gasteiger charge is 2.14. The number of ether oxygens (including phenoxy) is 1. The van der Waals surface area contributed by atoms with Crippen LogP contribution in [0.3, 0.4) is 0 Å². The highest BCUT2D eigenvalue weighted by atomic mass is 35.5. The van der Waals surface area contributed by atoms with Crippen LogP contribution >= 0.6 is 22.9 Å². The van der Waals surface area contributed by atoms with Crippen LogP contribution in [0.2, 0.25) is 5.02 Å². The summed E-state index contributed by atoms with van der Waals surface area (Å²) in [7, 11) is 0. The maximum atomic E-state index is 12.0. The Kier molecular flexibility index (Phi) is 4.39. The first-order valence-electron chi connectivity index (χ1n) is 5.35. The van der Waals surface area contributed by atoms with E-state index in [4.69, 9.17) is 21.6 Å². The number of nitrogens with one attached hydrogen (secondary N) is 1. The van der Waals surface area contributed by atoms with E-state index in [0.717, 1.165) is 0 Å². The monoisotopic (exact) mass is 292 g/mol. The lowest BCUT2D eigenvalue weighted by Crippen LogP contribution is -2.12. The Bertz CT molecular complexity index is 634. The molecule has 0 unspecified atom stereocenters. The number of hydrogen-bond donors (Lipinski definition) is 1. The van der Waals surface area contributed by atoms with Gasteiger partial charge in [0.05, 0.1) is 10.7 Å². The van der Waals surface area contributed by atoms with Crippen molar-refractivity contribution in [1.29, 1.82) is 5.26 Å². The number of amides is 1. The van der Waals surface area contributed by atoms with Gasteiger partial charge in [-0.3, -0.25) is 4.79 Å². The molecule has 2 aromatic rings. The number of rotatable bonds is 4. The van der Waals surface area contributed by atoms with Crippen molar-refractivity contribution < 1.29 is 9.53 Å². The van der Waals surface area contributed by atoms with Crippen LogP contribution in [0.1, 0.15) is 9.67 Å². The molecule has 2 rings (SSSR count). The van der Waals surface area contributed by atoms with Gasteiger partial charge in [0.1, 0.15) is 16.7 Å². The van der Waals surface area contributed by atoms with Crippen LogP contribution in [0.15, 0.2) is 35.7 Å². The average molecular weight is 293 g/mol. The number of nitriles is 1. The molecule has 0 saturated carbocycles. The average Bonchev–Trinajstić information content (AvgIpc) is 2.84. The van der Waals surface area contributed by atoms with Gasteiger partial charge in [-0.1, -0.05) is 23.7 Å². The van der Waals surface area contributed by atoms with E-state index in [1.807, 2.05) is 6.07 Å². The van der Waals surface area contributed by atoms with Crippen molar-refractivity contribution in [2.75, 3.05) is 11.9 Å². The maximum Gasteiger partial charge on any atom is 0.267 e. The summed E-state index contributed by atoms with van der Waals surface area (Å²) in [6.07, 6.45) is 0. The number of carbonyl (C=O) groups is 1. The first-order valence-corrected chi connectivity index (χ1v) is 6.61. The van der Waals surface area contributed by atoms with Crippen molar-refractivity contribution in [3.05, 3.63) is 45.6 Å². The van der Waals surface area contributed by atoms with E-state index in [2.05, 4.69) is 5.32 Å². The number of para-hydroxylation sites is 2. The molecule has 0 aliphatic carbocycles. The second-order valence-electron chi connectivity index (χ2n) is 3.49. The third kappa shape index (κ3) is 3.25. The molecule has 1 amide bonds. The number of benzene rings is 1. The van der Waals surface area contributed by atoms with Crippen LogP contribution in [0.4, 0.5) is 5.69 Å². The zero-order valence-corrected chi connectivity index (χ0v) is 11.3. The Morgan fingerprint density at radius 2 is 2.21 bits per heavy atom. The van der Waals surface area contributed by atoms with Gasteiger partial charge in [0, 0.05) is 0 Å². The van der Waals surface area contributed by atoms with E-state index in [9.17, 15) is 4.79 Å². The fraction of sp³-hybridized carbons (Fsp3) is 0.0769. The van der Waals surface area contributed by atoms with E-state index in [1.54, 1.807) is 35.7 Å². The predicted octanol–water partition coefficient (Wildman–Crippen LogP) is 3.56. The molecule has 1 aromatic heterocycles. The number of thiophene rings is 1. The summed E-state index contributed by atoms with van der Waals surface area (Å²) in [6.45, 7) is -0.0767. The van der Waals surface area contributed by atoms with E-state index in [0.29, 0.717) is 21.3 Å². The predicted molar refractivity (Wildman–Crippen MR) is 74.8 cm³/mol. The van der Waals surface area contributed by atoms with Gasteiger partial charge in [-0.25, -0.2) is 0 Å². The fourth-order valence-corrected chi connectivity index (χ4v) is 2.48. The van der Waals surface area contributed by atoms with Crippen LogP contribution in [0, 0.1) is 11.3 Å². The molecule has 6 heteroatoms. The Labute approximate surface area is 119 Å². The van der Waals surface area contributed by atoms with Crippen LogP contribution in [-0.4, -0.2) is 12.5 Å². The molecular formula is C13H9ClN2O2S. The number of hydrogen-bond acceptors (Lipinski definition) is 4. The van der Waals surface area contributed by atoms with Gasteiger partial charge in [0.15, 0.2) is 6.61 Å². The minimum atomic E-state index is -0.298. The number of anilines is 1. The molecule has 96 valence electrons. The fourth-order valence-electron chi connectivity index (χ4n) is 1.44. The maximum absolute atomic E-state index is 12.0. The third-order valence-electron chi connectivity index (χ3n) is 2.25. The van der Waals surface area contributed by atoms with Crippen molar-refractivity contribution in [2.24, 2.45) is 0 Å². The molecule has 0 fully saturated rings. The van der Waals surface area contributed by atoms with Crippen molar-refractivity contribution in [1.82, 2.24) is 0 Å². The summed E-state index contributed by atoms with van der Waals surface area (Å²) in [5.41, 5.74) is 0.507. The van der Waals surface area contributed by atoms with Crippen molar-refractivity contribution in [2.45, 2.75) is 0 Å². The Balaban J connectivity index is 2.17. The second-order valence-corrected chi connectivity index (χ2v) is 4.82. The van der Waals surface area contributed by atoms with Gasteiger partial charge >= 0.3 is 0 Å². The van der Waals surface area contributed by atoms with Crippen LogP contribution < -0.4 is 10.1 Å². The highest BCUT2D eigenvalue weighted by Crippen LogP contribution is 2.27. The SMILES string of the molecule is N#CCOc1ccccc1NC(=O)c1sccc1Cl. The van der Waals surface area contributed by atoms with Gasteiger partial charge in [-0.2, -0.15) is 5.26 Å². The normalized spacial score (nSPS) is 9.68. The summed E-state index contributed by atoms with van der Waals surface area (Å²) >= 11 is 7.16. The molecule has 0 radical (unpaired) electrons. The van der Waals surface area contributed by atoms with Gasteiger partial charge in [0.2, 0.25) is 0 Å². The largest absolute Gasteiger partial charge is 0.477 e. The molecule has 1 heterocycles. The van der Waals surface area contributed by atoms with Crippen LogP contribution in [0.25, 0.3) is 0 Å². The molecule has 0 saturated heterocycles. The zero-order valence-electron chi connectivity index (χ0n) is 9.72. The first kappa shape index (κ1) is 13.4. The smallest absolute Gasteiger partial charge is 0.267 e. The molecule has 0 aliphatic heterocycles. The Hall–Kier alpha value is -2.03. The standard InChI is InChI=1S/C13H9ClN2O2S/c14-9-5-8-19-12(9)13(17)16-10-3-1-2-4-11(10)18-7-6-15/h1-5,8H,7H2,(H,16,17). The Morgan fingerprint density at radius 1 is 1.42 bits per heavy atom. The quantitative estimate of drug-likeness (QED) is 0.937. The molecule has 19 heavy (non-hydrogen) atoms. The molecule has 0 spiro atoms.